The molecule has 0 unspecified atom stereocenters. The van der Waals surface area contributed by atoms with Gasteiger partial charge in [0.25, 0.3) is 0 Å². The van der Waals surface area contributed by atoms with E-state index in [1.54, 1.807) is 0 Å². The predicted molar refractivity (Wildman–Crippen MR) is 71.1 cm³/mol. The van der Waals surface area contributed by atoms with E-state index in [0.29, 0.717) is 0 Å². The van der Waals surface area contributed by atoms with Crippen LogP contribution in [0.1, 0.15) is 29.3 Å². The lowest BCUT2D eigenvalue weighted by Crippen LogP contribution is -2.01. The number of allylic oxidation sites excluding steroid dienone is 6. The maximum Gasteiger partial charge on any atom is 0.192 e. The first-order chi connectivity index (χ1) is 8.16. The summed E-state index contributed by atoms with van der Waals surface area (Å²) in [6, 6.07) is 7.71. The van der Waals surface area contributed by atoms with E-state index < -0.39 is 0 Å². The maximum atomic E-state index is 12.2. The molecule has 86 valence electrons. The van der Waals surface area contributed by atoms with Crippen LogP contribution < -0.4 is 0 Å². The van der Waals surface area contributed by atoms with Gasteiger partial charge in [-0.3, -0.25) is 4.79 Å². The molecule has 0 bridgehead atoms. The predicted octanol–water partition coefficient (Wildman–Crippen LogP) is 4.01. The molecule has 1 aliphatic carbocycles. The highest BCUT2D eigenvalue weighted by Crippen LogP contribution is 2.15. The van der Waals surface area contributed by atoms with Crippen molar-refractivity contribution in [1.29, 1.82) is 0 Å². The maximum absolute atomic E-state index is 12.2. The highest BCUT2D eigenvalue weighted by atomic mass is 16.1. The molecule has 0 amide bonds. The minimum Gasteiger partial charge on any atom is -0.289 e. The van der Waals surface area contributed by atoms with Crippen LogP contribution in [0, 0.1) is 6.92 Å². The van der Waals surface area contributed by atoms with Crippen LogP contribution >= 0.6 is 0 Å². The van der Waals surface area contributed by atoms with Gasteiger partial charge in [-0.1, -0.05) is 59.7 Å². The van der Waals surface area contributed by atoms with Crippen LogP contribution in [0.3, 0.4) is 0 Å². The van der Waals surface area contributed by atoms with E-state index in [2.05, 4.69) is 6.08 Å². The van der Waals surface area contributed by atoms with Gasteiger partial charge in [-0.15, -0.1) is 0 Å². The van der Waals surface area contributed by atoms with Gasteiger partial charge < -0.3 is 0 Å². The van der Waals surface area contributed by atoms with Crippen molar-refractivity contribution in [3.63, 3.8) is 0 Å². The summed E-state index contributed by atoms with van der Waals surface area (Å²) in [4.78, 5) is 12.2. The van der Waals surface area contributed by atoms with Crippen LogP contribution in [0.25, 0.3) is 0 Å². The summed E-state index contributed by atoms with van der Waals surface area (Å²) in [6.45, 7) is 4.07. The number of hydrogen-bond acceptors (Lipinski definition) is 1. The molecular weight excluding hydrogens is 208 g/mol. The van der Waals surface area contributed by atoms with Crippen molar-refractivity contribution in [2.24, 2.45) is 0 Å². The molecule has 0 spiro atoms. The molecule has 0 aliphatic heterocycles. The lowest BCUT2D eigenvalue weighted by Gasteiger charge is -2.02. The fourth-order valence-electron chi connectivity index (χ4n) is 1.77. The van der Waals surface area contributed by atoms with Crippen molar-refractivity contribution < 1.29 is 4.79 Å². The van der Waals surface area contributed by atoms with Gasteiger partial charge in [0, 0.05) is 11.1 Å². The van der Waals surface area contributed by atoms with Gasteiger partial charge >= 0.3 is 0 Å². The van der Waals surface area contributed by atoms with Crippen molar-refractivity contribution in [3.05, 3.63) is 70.8 Å². The molecule has 0 N–H and O–H groups in total. The van der Waals surface area contributed by atoms with Gasteiger partial charge in [-0.05, 0) is 20.3 Å². The molecule has 2 rings (SSSR count). The molecule has 0 aromatic heterocycles. The van der Waals surface area contributed by atoms with Crippen molar-refractivity contribution >= 4 is 5.78 Å². The normalized spacial score (nSPS) is 14.9. The number of carbonyl (C=O) groups is 1. The van der Waals surface area contributed by atoms with Crippen molar-refractivity contribution in [2.75, 3.05) is 0 Å². The van der Waals surface area contributed by atoms with E-state index in [-0.39, 0.29) is 5.78 Å². The number of Topliss-reactive ketones (excluding diaryl/α,β-unsaturated/α-hetero) is 1. The first kappa shape index (κ1) is 11.6. The number of benzene rings is 1. The lowest BCUT2D eigenvalue weighted by atomic mass is 10.0. The van der Waals surface area contributed by atoms with Gasteiger partial charge in [0.15, 0.2) is 5.78 Å². The van der Waals surface area contributed by atoms with Crippen LogP contribution in [0.2, 0.25) is 0 Å². The Morgan fingerprint density at radius 3 is 2.41 bits per heavy atom. The Labute approximate surface area is 102 Å². The summed E-state index contributed by atoms with van der Waals surface area (Å²) in [7, 11) is 0. The Bertz CT molecular complexity index is 513. The minimum atomic E-state index is 0.101. The van der Waals surface area contributed by atoms with Crippen LogP contribution in [0.4, 0.5) is 0 Å². The van der Waals surface area contributed by atoms with Crippen LogP contribution in [-0.4, -0.2) is 5.78 Å². The topological polar surface area (TPSA) is 17.1 Å². The second-order valence-corrected chi connectivity index (χ2v) is 4.37. The molecular formula is C16H16O. The van der Waals surface area contributed by atoms with E-state index in [0.717, 1.165) is 17.6 Å². The zero-order valence-corrected chi connectivity index (χ0v) is 10.2. The fourth-order valence-corrected chi connectivity index (χ4v) is 1.77. The second-order valence-electron chi connectivity index (χ2n) is 4.37. The van der Waals surface area contributed by atoms with Gasteiger partial charge in [0.05, 0.1) is 0 Å². The first-order valence-corrected chi connectivity index (χ1v) is 5.83. The van der Waals surface area contributed by atoms with Crippen molar-refractivity contribution in [2.45, 2.75) is 20.3 Å². The quantitative estimate of drug-likeness (QED) is 0.694. The van der Waals surface area contributed by atoms with Gasteiger partial charge in [-0.2, -0.15) is 0 Å². The Morgan fingerprint density at radius 2 is 1.71 bits per heavy atom. The number of carbonyl (C=O) groups excluding carboxylic acids is 1. The van der Waals surface area contributed by atoms with E-state index in [9.17, 15) is 4.79 Å². The van der Waals surface area contributed by atoms with Crippen LogP contribution in [-0.2, 0) is 0 Å². The Hall–Kier alpha value is -1.89. The van der Waals surface area contributed by atoms with E-state index in [1.807, 2.05) is 56.3 Å². The Balaban J connectivity index is 2.24. The second kappa shape index (κ2) is 4.96. The average molecular weight is 224 g/mol. The molecule has 1 nitrogen and oxygen atoms in total. The molecule has 0 radical (unpaired) electrons. The van der Waals surface area contributed by atoms with Gasteiger partial charge in [0.1, 0.15) is 0 Å². The number of rotatable bonds is 2. The summed E-state index contributed by atoms with van der Waals surface area (Å²) in [6.07, 6.45) is 8.82. The highest BCUT2D eigenvalue weighted by Gasteiger charge is 2.09. The molecule has 0 atom stereocenters. The summed E-state index contributed by atoms with van der Waals surface area (Å²) >= 11 is 0. The molecule has 1 aliphatic rings. The third-order valence-corrected chi connectivity index (χ3v) is 2.88. The molecule has 1 aromatic carbocycles. The molecule has 1 aromatic rings. The molecule has 0 saturated heterocycles. The first-order valence-electron chi connectivity index (χ1n) is 5.83. The van der Waals surface area contributed by atoms with Crippen LogP contribution in [0.15, 0.2) is 59.7 Å². The van der Waals surface area contributed by atoms with E-state index in [1.165, 1.54) is 11.1 Å². The number of hydrogen-bond donors (Lipinski definition) is 0. The standard InChI is InChI=1S/C16H16O/c1-12-4-3-5-14(9-6-12)16(17)15-10-7-13(2)8-11-15/h4-11H,3H2,1-2H3. The van der Waals surface area contributed by atoms with E-state index >= 15 is 0 Å². The third kappa shape index (κ3) is 2.82. The number of ketones is 1. The lowest BCUT2D eigenvalue weighted by molar-refractivity contribution is 0.103. The smallest absolute Gasteiger partial charge is 0.192 e. The Kier molecular flexibility index (Phi) is 3.38. The zero-order valence-electron chi connectivity index (χ0n) is 10.2. The minimum absolute atomic E-state index is 0.101. The third-order valence-electron chi connectivity index (χ3n) is 2.88. The highest BCUT2D eigenvalue weighted by molar-refractivity contribution is 6.10. The molecule has 1 heteroatoms. The summed E-state index contributed by atoms with van der Waals surface area (Å²) < 4.78 is 0. The SMILES string of the molecule is CC1=CCC=C(C(=O)c2ccc(C)cc2)C=C1. The Morgan fingerprint density at radius 1 is 1.00 bits per heavy atom. The van der Waals surface area contributed by atoms with Gasteiger partial charge in [-0.25, -0.2) is 0 Å². The summed E-state index contributed by atoms with van der Waals surface area (Å²) in [5.41, 5.74) is 3.91. The zero-order chi connectivity index (χ0) is 12.3. The number of aryl methyl sites for hydroxylation is 1. The average Bonchev–Trinajstić information content (AvgIpc) is 2.54. The molecule has 0 saturated carbocycles. The molecule has 17 heavy (non-hydrogen) atoms. The molecule has 0 fully saturated rings. The van der Waals surface area contributed by atoms with Gasteiger partial charge in [0.2, 0.25) is 0 Å². The van der Waals surface area contributed by atoms with Crippen molar-refractivity contribution in [1.82, 2.24) is 0 Å². The monoisotopic (exact) mass is 224 g/mol. The van der Waals surface area contributed by atoms with Crippen molar-refractivity contribution in [3.8, 4) is 0 Å². The van der Waals surface area contributed by atoms with Crippen LogP contribution in [0.5, 0.6) is 0 Å². The largest absolute Gasteiger partial charge is 0.289 e. The fraction of sp³-hybridized carbons (Fsp3) is 0.188. The summed E-state index contributed by atoms with van der Waals surface area (Å²) in [5, 5.41) is 0. The summed E-state index contributed by atoms with van der Waals surface area (Å²) in [5.74, 6) is 0.101. The molecule has 0 heterocycles. The van der Waals surface area contributed by atoms with E-state index in [4.69, 9.17) is 0 Å².